The number of hydrogen-bond acceptors (Lipinski definition) is 4. The summed E-state index contributed by atoms with van der Waals surface area (Å²) in [6, 6.07) is 14.2. The number of halogens is 1. The zero-order valence-corrected chi connectivity index (χ0v) is 14.7. The largest absolute Gasteiger partial charge is 0.291 e. The van der Waals surface area contributed by atoms with E-state index in [0.717, 1.165) is 12.0 Å². The second-order valence-corrected chi connectivity index (χ2v) is 5.87. The highest BCUT2D eigenvalue weighted by Gasteiger charge is 2.14. The lowest BCUT2D eigenvalue weighted by Crippen LogP contribution is -2.41. The number of carbonyl (C=O) groups excluding carboxylic acids is 2. The van der Waals surface area contributed by atoms with E-state index in [-0.39, 0.29) is 5.69 Å². The number of amides is 2. The van der Waals surface area contributed by atoms with Gasteiger partial charge >= 0.3 is 0 Å². The number of para-hydroxylation sites is 1. The van der Waals surface area contributed by atoms with Crippen LogP contribution in [0.5, 0.6) is 0 Å². The van der Waals surface area contributed by atoms with Gasteiger partial charge in [0.05, 0.1) is 16.9 Å². The summed E-state index contributed by atoms with van der Waals surface area (Å²) in [6.07, 6.45) is 2.32. The number of rotatable bonds is 4. The lowest BCUT2D eigenvalue weighted by molar-refractivity contribution is 0.0844. The second kappa shape index (κ2) is 7.79. The monoisotopic (exact) mass is 369 g/mol. The first kappa shape index (κ1) is 17.6. The van der Waals surface area contributed by atoms with E-state index < -0.39 is 11.8 Å². The van der Waals surface area contributed by atoms with Crippen molar-refractivity contribution >= 4 is 23.4 Å². The van der Waals surface area contributed by atoms with Gasteiger partial charge in [0.15, 0.2) is 5.69 Å². The predicted molar refractivity (Wildman–Crippen MR) is 97.1 cm³/mol. The van der Waals surface area contributed by atoms with Crippen LogP contribution in [0.15, 0.2) is 54.7 Å². The van der Waals surface area contributed by atoms with Crippen LogP contribution in [0.4, 0.5) is 0 Å². The van der Waals surface area contributed by atoms with Gasteiger partial charge in [-0.05, 0) is 36.2 Å². The Morgan fingerprint density at radius 2 is 1.73 bits per heavy atom. The van der Waals surface area contributed by atoms with Crippen LogP contribution in [0.3, 0.4) is 0 Å². The minimum atomic E-state index is -0.582. The Labute approximate surface area is 154 Å². The van der Waals surface area contributed by atoms with Gasteiger partial charge in [0.1, 0.15) is 0 Å². The molecule has 0 aliphatic carbocycles. The first-order chi connectivity index (χ1) is 12.6. The van der Waals surface area contributed by atoms with Crippen LogP contribution >= 0.6 is 11.6 Å². The molecular weight excluding hydrogens is 354 g/mol. The molecule has 1 heterocycles. The topological polar surface area (TPSA) is 88.9 Å². The summed E-state index contributed by atoms with van der Waals surface area (Å²) in [6.45, 7) is 2.03. The smallest absolute Gasteiger partial charge is 0.267 e. The minimum Gasteiger partial charge on any atom is -0.267 e. The maximum atomic E-state index is 12.1. The SMILES string of the molecule is CCc1ccc(C(=O)NNC(=O)c2cn(-c3ccccc3Cl)nn2)cc1. The predicted octanol–water partition coefficient (Wildman–Crippen LogP) is 2.56. The lowest BCUT2D eigenvalue weighted by atomic mass is 10.1. The number of nitrogens with one attached hydrogen (secondary N) is 2. The molecule has 0 atom stereocenters. The lowest BCUT2D eigenvalue weighted by Gasteiger charge is -2.06. The summed E-state index contributed by atoms with van der Waals surface area (Å²) < 4.78 is 1.39. The molecule has 7 nitrogen and oxygen atoms in total. The van der Waals surface area contributed by atoms with Gasteiger partial charge in [-0.1, -0.05) is 48.0 Å². The molecule has 0 saturated carbocycles. The first-order valence-corrected chi connectivity index (χ1v) is 8.33. The van der Waals surface area contributed by atoms with Crippen molar-refractivity contribution in [3.8, 4) is 5.69 Å². The highest BCUT2D eigenvalue weighted by molar-refractivity contribution is 6.32. The van der Waals surface area contributed by atoms with E-state index in [4.69, 9.17) is 11.6 Å². The minimum absolute atomic E-state index is 0.0477. The van der Waals surface area contributed by atoms with Crippen molar-refractivity contribution < 1.29 is 9.59 Å². The van der Waals surface area contributed by atoms with E-state index in [9.17, 15) is 9.59 Å². The number of aromatic nitrogens is 3. The van der Waals surface area contributed by atoms with E-state index >= 15 is 0 Å². The normalized spacial score (nSPS) is 10.4. The van der Waals surface area contributed by atoms with Gasteiger partial charge in [-0.3, -0.25) is 20.4 Å². The number of aryl methyl sites for hydroxylation is 1. The Morgan fingerprint density at radius 1 is 1.04 bits per heavy atom. The Morgan fingerprint density at radius 3 is 2.42 bits per heavy atom. The average molecular weight is 370 g/mol. The van der Waals surface area contributed by atoms with Gasteiger partial charge in [0.2, 0.25) is 0 Å². The quantitative estimate of drug-likeness (QED) is 0.692. The molecule has 0 aliphatic rings. The van der Waals surface area contributed by atoms with Crippen molar-refractivity contribution in [1.82, 2.24) is 25.8 Å². The third-order valence-corrected chi connectivity index (χ3v) is 4.06. The fourth-order valence-electron chi connectivity index (χ4n) is 2.26. The van der Waals surface area contributed by atoms with Crippen LogP contribution in [0.1, 0.15) is 33.3 Å². The molecule has 0 radical (unpaired) electrons. The average Bonchev–Trinajstić information content (AvgIpc) is 3.16. The van der Waals surface area contributed by atoms with Crippen molar-refractivity contribution in [2.75, 3.05) is 0 Å². The van der Waals surface area contributed by atoms with E-state index in [1.54, 1.807) is 36.4 Å². The molecule has 3 aromatic rings. The zero-order valence-electron chi connectivity index (χ0n) is 13.9. The summed E-state index contributed by atoms with van der Waals surface area (Å²) in [5.41, 5.74) is 6.89. The molecule has 0 fully saturated rings. The van der Waals surface area contributed by atoms with Crippen LogP contribution < -0.4 is 10.9 Å². The van der Waals surface area contributed by atoms with Gasteiger partial charge < -0.3 is 0 Å². The van der Waals surface area contributed by atoms with Crippen molar-refractivity contribution in [2.45, 2.75) is 13.3 Å². The number of benzene rings is 2. The van der Waals surface area contributed by atoms with Crippen molar-refractivity contribution in [3.63, 3.8) is 0 Å². The van der Waals surface area contributed by atoms with E-state index in [2.05, 4.69) is 21.2 Å². The zero-order chi connectivity index (χ0) is 18.5. The van der Waals surface area contributed by atoms with Crippen LogP contribution in [0.2, 0.25) is 5.02 Å². The maximum Gasteiger partial charge on any atom is 0.291 e. The van der Waals surface area contributed by atoms with Gasteiger partial charge in [0, 0.05) is 5.56 Å². The molecule has 0 unspecified atom stereocenters. The number of hydrazine groups is 1. The van der Waals surface area contributed by atoms with Gasteiger partial charge in [0.25, 0.3) is 11.8 Å². The van der Waals surface area contributed by atoms with E-state index in [1.807, 2.05) is 19.1 Å². The molecule has 0 spiro atoms. The summed E-state index contributed by atoms with van der Waals surface area (Å²) in [7, 11) is 0. The molecule has 2 amide bonds. The molecule has 2 aromatic carbocycles. The summed E-state index contributed by atoms with van der Waals surface area (Å²) in [5.74, 6) is -0.999. The Bertz CT molecular complexity index is 937. The third kappa shape index (κ3) is 3.89. The second-order valence-electron chi connectivity index (χ2n) is 5.46. The fraction of sp³-hybridized carbons (Fsp3) is 0.111. The number of hydrogen-bond donors (Lipinski definition) is 2. The first-order valence-electron chi connectivity index (χ1n) is 7.95. The van der Waals surface area contributed by atoms with Gasteiger partial charge in [-0.2, -0.15) is 0 Å². The van der Waals surface area contributed by atoms with Crippen LogP contribution in [-0.4, -0.2) is 26.8 Å². The molecule has 0 bridgehead atoms. The summed E-state index contributed by atoms with van der Waals surface area (Å²) in [5, 5.41) is 8.16. The molecule has 2 N–H and O–H groups in total. The number of nitrogens with zero attached hydrogens (tertiary/aromatic N) is 3. The molecule has 1 aromatic heterocycles. The molecule has 3 rings (SSSR count). The fourth-order valence-corrected chi connectivity index (χ4v) is 2.49. The van der Waals surface area contributed by atoms with E-state index in [1.165, 1.54) is 10.9 Å². The number of carbonyl (C=O) groups is 2. The van der Waals surface area contributed by atoms with Crippen LogP contribution in [0.25, 0.3) is 5.69 Å². The molecule has 26 heavy (non-hydrogen) atoms. The van der Waals surface area contributed by atoms with Crippen LogP contribution in [-0.2, 0) is 6.42 Å². The highest BCUT2D eigenvalue weighted by atomic mass is 35.5. The van der Waals surface area contributed by atoms with Gasteiger partial charge in [-0.25, -0.2) is 4.68 Å². The van der Waals surface area contributed by atoms with Crippen LogP contribution in [0, 0.1) is 0 Å². The Balaban J connectivity index is 1.63. The standard InChI is InChI=1S/C18H16ClN5O2/c1-2-12-7-9-13(10-8-12)17(25)21-22-18(26)15-11-24(23-20-15)16-6-4-3-5-14(16)19/h3-11H,2H2,1H3,(H,21,25)(H,22,26). The highest BCUT2D eigenvalue weighted by Crippen LogP contribution is 2.18. The Hall–Kier alpha value is -3.19. The van der Waals surface area contributed by atoms with E-state index in [0.29, 0.717) is 16.3 Å². The third-order valence-electron chi connectivity index (χ3n) is 3.74. The molecule has 132 valence electrons. The molecule has 0 aliphatic heterocycles. The molecule has 0 saturated heterocycles. The van der Waals surface area contributed by atoms with Crippen molar-refractivity contribution in [1.29, 1.82) is 0 Å². The van der Waals surface area contributed by atoms with Crippen molar-refractivity contribution in [2.24, 2.45) is 0 Å². The summed E-state index contributed by atoms with van der Waals surface area (Å²) >= 11 is 6.09. The molecular formula is C18H16ClN5O2. The maximum absolute atomic E-state index is 12.1. The molecule has 8 heteroatoms. The van der Waals surface area contributed by atoms with Gasteiger partial charge in [-0.15, -0.1) is 5.10 Å². The summed E-state index contributed by atoms with van der Waals surface area (Å²) in [4.78, 5) is 24.2. The van der Waals surface area contributed by atoms with Crippen molar-refractivity contribution in [3.05, 3.63) is 76.6 Å². The Kier molecular flexibility index (Phi) is 5.28.